The molecule has 0 aliphatic rings. The summed E-state index contributed by atoms with van der Waals surface area (Å²) in [6.07, 6.45) is 1.51. The highest BCUT2D eigenvalue weighted by Gasteiger charge is 2.15. The quantitative estimate of drug-likeness (QED) is 0.511. The third kappa shape index (κ3) is 7.97. The molecule has 2 rings (SSSR count). The number of hydrogen-bond donors (Lipinski definition) is 2. The smallest absolute Gasteiger partial charge is 0.314 e. The molecule has 0 saturated carbocycles. The standard InChI is InChI=1S/C23H31BrN2O3/c1-23(2,3)18-8-11-21(20(24)16-18)29-15-5-13-25-22(27)26-14-12-17-6-9-19(28-4)10-7-17/h6-11,16H,5,12-15H2,1-4H3,(H2,25,26,27). The topological polar surface area (TPSA) is 59.6 Å². The molecule has 2 aromatic carbocycles. The first-order valence-electron chi connectivity index (χ1n) is 9.87. The Labute approximate surface area is 182 Å². The Bertz CT molecular complexity index is 786. The Morgan fingerprint density at radius 3 is 2.34 bits per heavy atom. The molecule has 0 atom stereocenters. The third-order valence-corrected chi connectivity index (χ3v) is 5.14. The average Bonchev–Trinajstić information content (AvgIpc) is 2.68. The second kappa shape index (κ2) is 11.1. The first kappa shape index (κ1) is 23.1. The molecule has 0 aliphatic carbocycles. The monoisotopic (exact) mass is 462 g/mol. The summed E-state index contributed by atoms with van der Waals surface area (Å²) >= 11 is 3.58. The molecule has 29 heavy (non-hydrogen) atoms. The van der Waals surface area contributed by atoms with Gasteiger partial charge in [0.05, 0.1) is 18.2 Å². The van der Waals surface area contributed by atoms with Crippen molar-refractivity contribution in [3.63, 3.8) is 0 Å². The molecule has 2 amide bonds. The van der Waals surface area contributed by atoms with E-state index in [0.29, 0.717) is 19.7 Å². The minimum absolute atomic E-state index is 0.103. The van der Waals surface area contributed by atoms with Crippen molar-refractivity contribution in [3.8, 4) is 11.5 Å². The summed E-state index contributed by atoms with van der Waals surface area (Å²) in [6.45, 7) is 8.24. The molecule has 5 nitrogen and oxygen atoms in total. The van der Waals surface area contributed by atoms with Crippen molar-refractivity contribution in [2.24, 2.45) is 0 Å². The number of benzene rings is 2. The first-order valence-corrected chi connectivity index (χ1v) is 10.7. The molecule has 158 valence electrons. The van der Waals surface area contributed by atoms with Crippen LogP contribution in [0.2, 0.25) is 0 Å². The summed E-state index contributed by atoms with van der Waals surface area (Å²) < 4.78 is 11.9. The van der Waals surface area contributed by atoms with Gasteiger partial charge in [-0.15, -0.1) is 0 Å². The molecule has 0 spiro atoms. The number of amides is 2. The number of rotatable bonds is 9. The van der Waals surface area contributed by atoms with Crippen LogP contribution in [0.25, 0.3) is 0 Å². The fourth-order valence-electron chi connectivity index (χ4n) is 2.72. The number of nitrogens with one attached hydrogen (secondary N) is 2. The molecule has 2 N–H and O–H groups in total. The summed E-state index contributed by atoms with van der Waals surface area (Å²) in [7, 11) is 1.65. The van der Waals surface area contributed by atoms with Crippen LogP contribution < -0.4 is 20.1 Å². The fourth-order valence-corrected chi connectivity index (χ4v) is 3.21. The van der Waals surface area contributed by atoms with Gasteiger partial charge in [0.2, 0.25) is 0 Å². The van der Waals surface area contributed by atoms with Crippen molar-refractivity contribution < 1.29 is 14.3 Å². The summed E-state index contributed by atoms with van der Waals surface area (Å²) in [5.74, 6) is 1.65. The fraction of sp³-hybridized carbons (Fsp3) is 0.435. The lowest BCUT2D eigenvalue weighted by atomic mass is 9.87. The van der Waals surface area contributed by atoms with Crippen molar-refractivity contribution in [3.05, 3.63) is 58.1 Å². The lowest BCUT2D eigenvalue weighted by molar-refractivity contribution is 0.239. The van der Waals surface area contributed by atoms with Gasteiger partial charge in [0.25, 0.3) is 0 Å². The van der Waals surface area contributed by atoms with E-state index < -0.39 is 0 Å². The minimum atomic E-state index is -0.158. The molecule has 0 unspecified atom stereocenters. The molecular formula is C23H31BrN2O3. The SMILES string of the molecule is COc1ccc(CCNC(=O)NCCCOc2ccc(C(C)(C)C)cc2Br)cc1. The summed E-state index contributed by atoms with van der Waals surface area (Å²) in [4.78, 5) is 11.9. The van der Waals surface area contributed by atoms with E-state index in [0.717, 1.165) is 34.4 Å². The minimum Gasteiger partial charge on any atom is -0.497 e. The summed E-state index contributed by atoms with van der Waals surface area (Å²) in [5.41, 5.74) is 2.51. The number of carbonyl (C=O) groups excluding carboxylic acids is 1. The number of carbonyl (C=O) groups is 1. The van der Waals surface area contributed by atoms with Crippen LogP contribution in [0.15, 0.2) is 46.9 Å². The average molecular weight is 463 g/mol. The molecule has 0 radical (unpaired) electrons. The highest BCUT2D eigenvalue weighted by atomic mass is 79.9. The predicted molar refractivity (Wildman–Crippen MR) is 121 cm³/mol. The van der Waals surface area contributed by atoms with Crippen LogP contribution in [-0.2, 0) is 11.8 Å². The van der Waals surface area contributed by atoms with Gasteiger partial charge in [0.1, 0.15) is 11.5 Å². The summed E-state index contributed by atoms with van der Waals surface area (Å²) in [5, 5.41) is 5.72. The lowest BCUT2D eigenvalue weighted by Crippen LogP contribution is -2.37. The molecule has 0 aromatic heterocycles. The normalized spacial score (nSPS) is 11.1. The van der Waals surface area contributed by atoms with E-state index in [4.69, 9.17) is 9.47 Å². The Balaban J connectivity index is 1.60. The maximum absolute atomic E-state index is 11.9. The zero-order valence-electron chi connectivity index (χ0n) is 17.7. The predicted octanol–water partition coefficient (Wildman–Crippen LogP) is 5.07. The molecule has 0 fully saturated rings. The van der Waals surface area contributed by atoms with Gasteiger partial charge < -0.3 is 20.1 Å². The van der Waals surface area contributed by atoms with E-state index in [2.05, 4.69) is 59.5 Å². The van der Waals surface area contributed by atoms with Gasteiger partial charge in [-0.2, -0.15) is 0 Å². The van der Waals surface area contributed by atoms with Gasteiger partial charge in [0.15, 0.2) is 0 Å². The van der Waals surface area contributed by atoms with Gasteiger partial charge in [-0.1, -0.05) is 39.0 Å². The molecular weight excluding hydrogens is 432 g/mol. The van der Waals surface area contributed by atoms with Crippen molar-refractivity contribution in [2.75, 3.05) is 26.8 Å². The van der Waals surface area contributed by atoms with Crippen LogP contribution >= 0.6 is 15.9 Å². The van der Waals surface area contributed by atoms with Crippen LogP contribution in [0, 0.1) is 0 Å². The van der Waals surface area contributed by atoms with Crippen LogP contribution in [0.1, 0.15) is 38.3 Å². The molecule has 0 aliphatic heterocycles. The summed E-state index contributed by atoms with van der Waals surface area (Å²) in [6, 6.07) is 13.9. The Morgan fingerprint density at radius 2 is 1.72 bits per heavy atom. The van der Waals surface area contributed by atoms with Crippen molar-refractivity contribution in [1.82, 2.24) is 10.6 Å². The van der Waals surface area contributed by atoms with E-state index in [1.807, 2.05) is 30.3 Å². The van der Waals surface area contributed by atoms with E-state index in [1.54, 1.807) is 7.11 Å². The van der Waals surface area contributed by atoms with Gasteiger partial charge in [0, 0.05) is 13.1 Å². The maximum Gasteiger partial charge on any atom is 0.314 e. The Kier molecular flexibility index (Phi) is 8.83. The number of halogens is 1. The third-order valence-electron chi connectivity index (χ3n) is 4.52. The molecule has 0 bridgehead atoms. The van der Waals surface area contributed by atoms with E-state index >= 15 is 0 Å². The molecule has 2 aromatic rings. The zero-order valence-corrected chi connectivity index (χ0v) is 19.3. The van der Waals surface area contributed by atoms with Crippen molar-refractivity contribution in [1.29, 1.82) is 0 Å². The van der Waals surface area contributed by atoms with E-state index in [-0.39, 0.29) is 11.4 Å². The number of methoxy groups -OCH3 is 1. The molecule has 6 heteroatoms. The van der Waals surface area contributed by atoms with Gasteiger partial charge >= 0.3 is 6.03 Å². The van der Waals surface area contributed by atoms with Crippen molar-refractivity contribution >= 4 is 22.0 Å². The Morgan fingerprint density at radius 1 is 1.03 bits per heavy atom. The second-order valence-electron chi connectivity index (χ2n) is 7.88. The van der Waals surface area contributed by atoms with Crippen LogP contribution in [-0.4, -0.2) is 32.8 Å². The first-order chi connectivity index (χ1) is 13.8. The van der Waals surface area contributed by atoms with E-state index in [1.165, 1.54) is 5.56 Å². The molecule has 0 heterocycles. The molecule has 0 saturated heterocycles. The highest BCUT2D eigenvalue weighted by molar-refractivity contribution is 9.10. The lowest BCUT2D eigenvalue weighted by Gasteiger charge is -2.20. The van der Waals surface area contributed by atoms with Crippen LogP contribution in [0.3, 0.4) is 0 Å². The van der Waals surface area contributed by atoms with Crippen LogP contribution in [0.5, 0.6) is 11.5 Å². The van der Waals surface area contributed by atoms with Crippen LogP contribution in [0.4, 0.5) is 4.79 Å². The zero-order chi connectivity index (χ0) is 21.3. The number of hydrogen-bond acceptors (Lipinski definition) is 3. The van der Waals surface area contributed by atoms with Gasteiger partial charge in [-0.3, -0.25) is 0 Å². The maximum atomic E-state index is 11.9. The van der Waals surface area contributed by atoms with E-state index in [9.17, 15) is 4.79 Å². The van der Waals surface area contributed by atoms with Gasteiger partial charge in [-0.05, 0) is 69.6 Å². The number of ether oxygens (including phenoxy) is 2. The Hall–Kier alpha value is -2.21. The largest absolute Gasteiger partial charge is 0.497 e. The number of urea groups is 1. The highest BCUT2D eigenvalue weighted by Crippen LogP contribution is 2.31. The van der Waals surface area contributed by atoms with Gasteiger partial charge in [-0.25, -0.2) is 4.79 Å². The van der Waals surface area contributed by atoms with Crippen molar-refractivity contribution in [2.45, 2.75) is 39.0 Å². The second-order valence-corrected chi connectivity index (χ2v) is 8.73.